The summed E-state index contributed by atoms with van der Waals surface area (Å²) in [6, 6.07) is 5.97. The fourth-order valence-corrected chi connectivity index (χ4v) is 3.11. The highest BCUT2D eigenvalue weighted by atomic mass is 16.5. The second kappa shape index (κ2) is 7.93. The van der Waals surface area contributed by atoms with E-state index in [0.717, 1.165) is 13.1 Å². The molecule has 2 atom stereocenters. The first-order valence-corrected chi connectivity index (χ1v) is 8.58. The van der Waals surface area contributed by atoms with Gasteiger partial charge in [0.15, 0.2) is 5.78 Å². The molecule has 0 saturated carbocycles. The van der Waals surface area contributed by atoms with Crippen LogP contribution in [0.15, 0.2) is 18.2 Å². The number of carbonyl (C=O) groups is 1. The Morgan fingerprint density at radius 1 is 1.30 bits per heavy atom. The van der Waals surface area contributed by atoms with E-state index < -0.39 is 0 Å². The minimum Gasteiger partial charge on any atom is -0.493 e. The Hall–Kier alpha value is -1.39. The molecule has 23 heavy (non-hydrogen) atoms. The highest BCUT2D eigenvalue weighted by Gasteiger charge is 2.25. The van der Waals surface area contributed by atoms with Gasteiger partial charge < -0.3 is 9.47 Å². The molecule has 2 unspecified atom stereocenters. The first-order valence-electron chi connectivity index (χ1n) is 8.58. The maximum Gasteiger partial charge on any atom is 0.180 e. The van der Waals surface area contributed by atoms with E-state index in [9.17, 15) is 4.79 Å². The van der Waals surface area contributed by atoms with Crippen LogP contribution < -0.4 is 4.74 Å². The number of Topliss-reactive ketones (excluding diaryl/α,β-unsaturated/α-hetero) is 1. The number of hydrogen-bond acceptors (Lipinski definition) is 4. The zero-order valence-electron chi connectivity index (χ0n) is 15.0. The van der Waals surface area contributed by atoms with Gasteiger partial charge in [-0.15, -0.1) is 0 Å². The zero-order valence-corrected chi connectivity index (χ0v) is 15.0. The van der Waals surface area contributed by atoms with E-state index >= 15 is 0 Å². The summed E-state index contributed by atoms with van der Waals surface area (Å²) in [6.45, 7) is 12.9. The molecule has 1 saturated heterocycles. The van der Waals surface area contributed by atoms with Gasteiger partial charge in [-0.3, -0.25) is 9.69 Å². The van der Waals surface area contributed by atoms with Gasteiger partial charge >= 0.3 is 0 Å². The lowest BCUT2D eigenvalue weighted by atomic mass is 9.98. The molecule has 2 rings (SSSR count). The monoisotopic (exact) mass is 319 g/mol. The van der Waals surface area contributed by atoms with Gasteiger partial charge in [-0.05, 0) is 44.4 Å². The highest BCUT2D eigenvalue weighted by molar-refractivity contribution is 6.00. The van der Waals surface area contributed by atoms with Crippen LogP contribution in [0.1, 0.15) is 56.5 Å². The van der Waals surface area contributed by atoms with Crippen molar-refractivity contribution < 1.29 is 14.3 Å². The molecule has 1 heterocycles. The summed E-state index contributed by atoms with van der Waals surface area (Å²) in [5.41, 5.74) is 1.87. The van der Waals surface area contributed by atoms with Gasteiger partial charge in [-0.1, -0.05) is 19.9 Å². The molecule has 0 spiro atoms. The maximum absolute atomic E-state index is 12.8. The second-order valence-electron chi connectivity index (χ2n) is 6.72. The molecular weight excluding hydrogens is 290 g/mol. The van der Waals surface area contributed by atoms with Crippen molar-refractivity contribution in [3.63, 3.8) is 0 Å². The molecule has 1 aromatic carbocycles. The van der Waals surface area contributed by atoms with Crippen LogP contribution in [0.2, 0.25) is 0 Å². The maximum atomic E-state index is 12.8. The number of benzene rings is 1. The Morgan fingerprint density at radius 2 is 1.96 bits per heavy atom. The Kier molecular flexibility index (Phi) is 6.19. The summed E-state index contributed by atoms with van der Waals surface area (Å²) in [5.74, 6) is 1.20. The van der Waals surface area contributed by atoms with Crippen LogP contribution in [0.25, 0.3) is 0 Å². The first-order chi connectivity index (χ1) is 10.9. The van der Waals surface area contributed by atoms with Crippen LogP contribution in [0, 0.1) is 0 Å². The Bertz CT molecular complexity index is 531. The number of carbonyl (C=O) groups excluding carboxylic acids is 1. The zero-order chi connectivity index (χ0) is 17.0. The number of nitrogens with zero attached hydrogens (tertiary/aromatic N) is 1. The van der Waals surface area contributed by atoms with Crippen molar-refractivity contribution in [1.82, 2.24) is 4.90 Å². The SMILES string of the molecule is CCOc1ccc(C(C)C)cc1C(=O)CN1CC(C)OC(C)C1. The fourth-order valence-electron chi connectivity index (χ4n) is 3.11. The molecule has 1 aliphatic heterocycles. The summed E-state index contributed by atoms with van der Waals surface area (Å²) in [7, 11) is 0. The third-order valence-electron chi connectivity index (χ3n) is 4.13. The molecular formula is C19H29NO3. The molecule has 0 N–H and O–H groups in total. The lowest BCUT2D eigenvalue weighted by molar-refractivity contribution is -0.0652. The predicted molar refractivity (Wildman–Crippen MR) is 92.5 cm³/mol. The van der Waals surface area contributed by atoms with Crippen LogP contribution in [0.5, 0.6) is 5.75 Å². The minimum atomic E-state index is 0.122. The van der Waals surface area contributed by atoms with Crippen molar-refractivity contribution >= 4 is 5.78 Å². The van der Waals surface area contributed by atoms with Crippen molar-refractivity contribution in [2.24, 2.45) is 0 Å². The Morgan fingerprint density at radius 3 is 2.52 bits per heavy atom. The predicted octanol–water partition coefficient (Wildman–Crippen LogP) is 3.50. The van der Waals surface area contributed by atoms with E-state index in [1.54, 1.807) is 0 Å². The summed E-state index contributed by atoms with van der Waals surface area (Å²) in [4.78, 5) is 15.0. The molecule has 1 aliphatic rings. The quantitative estimate of drug-likeness (QED) is 0.752. The largest absolute Gasteiger partial charge is 0.493 e. The normalized spacial score (nSPS) is 22.3. The number of morpholine rings is 1. The number of ketones is 1. The lowest BCUT2D eigenvalue weighted by Gasteiger charge is -2.34. The summed E-state index contributed by atoms with van der Waals surface area (Å²) in [5, 5.41) is 0. The van der Waals surface area contributed by atoms with Gasteiger partial charge in [0, 0.05) is 13.1 Å². The van der Waals surface area contributed by atoms with Crippen molar-refractivity contribution in [3.05, 3.63) is 29.3 Å². The van der Waals surface area contributed by atoms with Crippen molar-refractivity contribution in [2.75, 3.05) is 26.2 Å². The summed E-state index contributed by atoms with van der Waals surface area (Å²) < 4.78 is 11.4. The standard InChI is InChI=1S/C19H29NO3/c1-6-22-19-8-7-16(13(2)3)9-17(19)18(21)12-20-10-14(4)23-15(5)11-20/h7-9,13-15H,6,10-12H2,1-5H3. The lowest BCUT2D eigenvalue weighted by Crippen LogP contribution is -2.47. The minimum absolute atomic E-state index is 0.122. The molecule has 4 nitrogen and oxygen atoms in total. The van der Waals surface area contributed by atoms with E-state index in [1.807, 2.05) is 25.1 Å². The van der Waals surface area contributed by atoms with E-state index in [1.165, 1.54) is 5.56 Å². The number of hydrogen-bond donors (Lipinski definition) is 0. The number of ether oxygens (including phenoxy) is 2. The smallest absolute Gasteiger partial charge is 0.180 e. The van der Waals surface area contributed by atoms with Gasteiger partial charge in [0.1, 0.15) is 5.75 Å². The summed E-state index contributed by atoms with van der Waals surface area (Å²) in [6.07, 6.45) is 0.333. The van der Waals surface area contributed by atoms with E-state index in [0.29, 0.717) is 30.4 Å². The fraction of sp³-hybridized carbons (Fsp3) is 0.632. The molecule has 1 aromatic rings. The molecule has 0 aliphatic carbocycles. The second-order valence-corrected chi connectivity index (χ2v) is 6.72. The molecule has 128 valence electrons. The van der Waals surface area contributed by atoms with E-state index in [-0.39, 0.29) is 18.0 Å². The molecule has 1 fully saturated rings. The Balaban J connectivity index is 2.17. The van der Waals surface area contributed by atoms with Crippen LogP contribution in [0.3, 0.4) is 0 Å². The van der Waals surface area contributed by atoms with E-state index in [2.05, 4.69) is 32.6 Å². The van der Waals surface area contributed by atoms with Crippen molar-refractivity contribution in [2.45, 2.75) is 52.7 Å². The first kappa shape index (κ1) is 18.0. The highest BCUT2D eigenvalue weighted by Crippen LogP contribution is 2.25. The van der Waals surface area contributed by atoms with Gasteiger partial charge in [0.25, 0.3) is 0 Å². The average molecular weight is 319 g/mol. The third kappa shape index (κ3) is 4.79. The van der Waals surface area contributed by atoms with Crippen LogP contribution >= 0.6 is 0 Å². The van der Waals surface area contributed by atoms with E-state index in [4.69, 9.17) is 9.47 Å². The van der Waals surface area contributed by atoms with Crippen LogP contribution in [-0.4, -0.2) is 49.1 Å². The van der Waals surface area contributed by atoms with Crippen LogP contribution in [0.4, 0.5) is 0 Å². The molecule has 0 aromatic heterocycles. The van der Waals surface area contributed by atoms with Crippen molar-refractivity contribution in [1.29, 1.82) is 0 Å². The van der Waals surface area contributed by atoms with Gasteiger partial charge in [0.05, 0.1) is 30.9 Å². The molecule has 0 amide bonds. The van der Waals surface area contributed by atoms with Crippen molar-refractivity contribution in [3.8, 4) is 5.75 Å². The summed E-state index contributed by atoms with van der Waals surface area (Å²) >= 11 is 0. The molecule has 0 radical (unpaired) electrons. The van der Waals surface area contributed by atoms with Crippen LogP contribution in [-0.2, 0) is 4.74 Å². The van der Waals surface area contributed by atoms with Gasteiger partial charge in [-0.25, -0.2) is 0 Å². The van der Waals surface area contributed by atoms with Gasteiger partial charge in [0.2, 0.25) is 0 Å². The molecule has 0 bridgehead atoms. The third-order valence-corrected chi connectivity index (χ3v) is 4.13. The Labute approximate surface area is 139 Å². The average Bonchev–Trinajstić information content (AvgIpc) is 2.46. The number of rotatable bonds is 6. The molecule has 4 heteroatoms. The topological polar surface area (TPSA) is 38.8 Å². The van der Waals surface area contributed by atoms with Gasteiger partial charge in [-0.2, -0.15) is 0 Å².